The van der Waals surface area contributed by atoms with Crippen LogP contribution in [0.5, 0.6) is 11.6 Å². The van der Waals surface area contributed by atoms with E-state index in [-0.39, 0.29) is 0 Å². The van der Waals surface area contributed by atoms with E-state index >= 15 is 35.1 Å². The standard InChI is InChI=1S/C24BF20.C18H17N2O/c26-5-1(6(27)14(35)21(42)13(5)34)25(2-7(28)15(36)22(43)16(37)8(2)29,3-9(30)17(38)23(44)18(39)10(3)31)4-11(32)19(40)24(45)20(41)12(4)33;1-15-7-9-17(10-8-15)21-18-13-19-11-12-20(18)14-16-5-3-2-4-6-16/h;2-13H,14H2,1H3/q-1;+1. The third kappa shape index (κ3) is 7.90. The molecular formula is C42H17BF20N2O. The molecule has 0 unspecified atom stereocenters. The van der Waals surface area contributed by atoms with Crippen molar-refractivity contribution >= 4 is 28.0 Å². The summed E-state index contributed by atoms with van der Waals surface area (Å²) in [5.41, 5.74) is -11.9. The molecule has 7 aromatic rings. The molecule has 6 aromatic carbocycles. The minimum absolute atomic E-state index is 0.727. The van der Waals surface area contributed by atoms with Crippen LogP contribution in [0, 0.1) is 123 Å². The molecule has 1 aromatic heterocycles. The van der Waals surface area contributed by atoms with Gasteiger partial charge in [-0.15, -0.1) is 21.9 Å². The lowest BCUT2D eigenvalue weighted by molar-refractivity contribution is -0.692. The van der Waals surface area contributed by atoms with Gasteiger partial charge in [-0.05, 0) is 19.1 Å². The zero-order chi connectivity index (χ0) is 48.8. The quantitative estimate of drug-likeness (QED) is 0.0500. The molecule has 0 aliphatic heterocycles. The monoisotopic (exact) mass is 956 g/mol. The van der Waals surface area contributed by atoms with Crippen LogP contribution in [0.2, 0.25) is 0 Å². The molecule has 0 amide bonds. The third-order valence-electron chi connectivity index (χ3n) is 9.95. The highest BCUT2D eigenvalue weighted by Gasteiger charge is 2.52. The van der Waals surface area contributed by atoms with Gasteiger partial charge in [-0.3, -0.25) is 0 Å². The lowest BCUT2D eigenvalue weighted by Gasteiger charge is -2.44. The summed E-state index contributed by atoms with van der Waals surface area (Å²) in [7, 11) is 0. The number of rotatable bonds is 8. The van der Waals surface area contributed by atoms with Crippen LogP contribution < -0.4 is 31.2 Å². The minimum atomic E-state index is -7.22. The summed E-state index contributed by atoms with van der Waals surface area (Å²) in [6.07, 6.45) is -1.78. The Hall–Kier alpha value is -7.14. The molecule has 0 saturated carbocycles. The van der Waals surface area contributed by atoms with Gasteiger partial charge in [0.15, 0.2) is 82.5 Å². The number of halogens is 20. The topological polar surface area (TPSA) is 26.0 Å². The van der Waals surface area contributed by atoms with Gasteiger partial charge in [-0.25, -0.2) is 92.8 Å². The van der Waals surface area contributed by atoms with Crippen molar-refractivity contribution in [2.24, 2.45) is 0 Å². The van der Waals surface area contributed by atoms with Gasteiger partial charge in [0.1, 0.15) is 64.6 Å². The van der Waals surface area contributed by atoms with E-state index in [4.69, 9.17) is 4.74 Å². The fraction of sp³-hybridized carbons (Fsp3) is 0.0476. The second kappa shape index (κ2) is 18.4. The van der Waals surface area contributed by atoms with Crippen molar-refractivity contribution in [3.8, 4) is 11.6 Å². The van der Waals surface area contributed by atoms with E-state index in [0.29, 0.717) is 0 Å². The minimum Gasteiger partial charge on any atom is -0.404 e. The third-order valence-corrected chi connectivity index (χ3v) is 9.95. The molecule has 7 rings (SSSR count). The van der Waals surface area contributed by atoms with Crippen molar-refractivity contribution in [2.45, 2.75) is 13.5 Å². The Labute approximate surface area is 355 Å². The first-order chi connectivity index (χ1) is 31.0. The van der Waals surface area contributed by atoms with Crippen molar-refractivity contribution in [2.75, 3.05) is 0 Å². The molecule has 1 heterocycles. The average Bonchev–Trinajstić information content (AvgIpc) is 3.30. The first-order valence-electron chi connectivity index (χ1n) is 17.9. The molecule has 66 heavy (non-hydrogen) atoms. The Morgan fingerprint density at radius 3 is 1.03 bits per heavy atom. The predicted molar refractivity (Wildman–Crippen MR) is 190 cm³/mol. The molecular weight excluding hydrogens is 939 g/mol. The van der Waals surface area contributed by atoms with Gasteiger partial charge < -0.3 is 4.74 Å². The van der Waals surface area contributed by atoms with Crippen LogP contribution in [0.4, 0.5) is 87.8 Å². The van der Waals surface area contributed by atoms with E-state index in [0.717, 1.165) is 18.2 Å². The van der Waals surface area contributed by atoms with Crippen LogP contribution in [0.15, 0.2) is 73.2 Å². The summed E-state index contributed by atoms with van der Waals surface area (Å²) < 4.78 is 302. The molecule has 0 fully saturated rings. The Bertz CT molecular complexity index is 2660. The Balaban J connectivity index is 0.000000284. The molecule has 0 aliphatic carbocycles. The number of aromatic nitrogens is 2. The van der Waals surface area contributed by atoms with Crippen LogP contribution in [0.25, 0.3) is 0 Å². The lowest BCUT2D eigenvalue weighted by Crippen LogP contribution is -2.81. The van der Waals surface area contributed by atoms with Crippen molar-refractivity contribution in [1.82, 2.24) is 4.98 Å². The van der Waals surface area contributed by atoms with Gasteiger partial charge in [0.05, 0.1) is 6.20 Å². The molecule has 0 spiro atoms. The summed E-state index contributed by atoms with van der Waals surface area (Å²) >= 11 is 0. The summed E-state index contributed by atoms with van der Waals surface area (Å²) in [6.45, 7) is 2.81. The first-order valence-corrected chi connectivity index (χ1v) is 17.9. The van der Waals surface area contributed by atoms with Crippen molar-refractivity contribution in [3.05, 3.63) is 201 Å². The molecule has 3 nitrogen and oxygen atoms in total. The van der Waals surface area contributed by atoms with Crippen molar-refractivity contribution in [1.29, 1.82) is 0 Å². The Morgan fingerprint density at radius 2 is 0.712 bits per heavy atom. The van der Waals surface area contributed by atoms with Crippen LogP contribution in [-0.4, -0.2) is 11.1 Å². The van der Waals surface area contributed by atoms with Gasteiger partial charge in [0.2, 0.25) is 0 Å². The number of hydrogen-bond acceptors (Lipinski definition) is 2. The smallest absolute Gasteiger partial charge is 0.392 e. The van der Waals surface area contributed by atoms with Crippen LogP contribution in [0.3, 0.4) is 0 Å². The van der Waals surface area contributed by atoms with E-state index in [1.54, 1.807) is 12.4 Å². The van der Waals surface area contributed by atoms with Gasteiger partial charge >= 0.3 is 5.88 Å². The molecule has 0 aliphatic rings. The molecule has 0 bridgehead atoms. The number of aryl methyl sites for hydroxylation is 1. The van der Waals surface area contributed by atoms with Crippen LogP contribution in [0.1, 0.15) is 11.1 Å². The molecule has 0 radical (unpaired) electrons. The lowest BCUT2D eigenvalue weighted by atomic mass is 9.12. The number of ether oxygens (including phenoxy) is 1. The summed E-state index contributed by atoms with van der Waals surface area (Å²) in [5.74, 6) is -69.9. The summed E-state index contributed by atoms with van der Waals surface area (Å²) in [5, 5.41) is 0. The van der Waals surface area contributed by atoms with E-state index in [2.05, 4.69) is 24.0 Å². The average molecular weight is 956 g/mol. The highest BCUT2D eigenvalue weighted by atomic mass is 19.2. The second-order valence-electron chi connectivity index (χ2n) is 13.7. The fourth-order valence-corrected chi connectivity index (χ4v) is 6.97. The van der Waals surface area contributed by atoms with E-state index < -0.39 is 144 Å². The molecule has 344 valence electrons. The maximum absolute atomic E-state index is 15.4. The van der Waals surface area contributed by atoms with Crippen LogP contribution in [-0.2, 0) is 6.54 Å². The molecule has 0 atom stereocenters. The highest BCUT2D eigenvalue weighted by molar-refractivity contribution is 7.20. The maximum Gasteiger partial charge on any atom is 0.392 e. The maximum atomic E-state index is 15.4. The number of benzene rings is 6. The van der Waals surface area contributed by atoms with Gasteiger partial charge in [-0.2, -0.15) is 4.57 Å². The van der Waals surface area contributed by atoms with Crippen molar-refractivity contribution < 1.29 is 97.1 Å². The summed E-state index contributed by atoms with van der Waals surface area (Å²) in [6, 6.07) is 18.3. The van der Waals surface area contributed by atoms with Gasteiger partial charge in [0, 0.05) is 5.56 Å². The molecule has 0 N–H and O–H groups in total. The number of hydrogen-bond donors (Lipinski definition) is 0. The predicted octanol–water partition coefficient (Wildman–Crippen LogP) is 9.36. The van der Waals surface area contributed by atoms with Gasteiger partial charge in [-0.1, -0.05) is 48.0 Å². The fourth-order valence-electron chi connectivity index (χ4n) is 6.97. The second-order valence-corrected chi connectivity index (χ2v) is 13.7. The highest BCUT2D eigenvalue weighted by Crippen LogP contribution is 2.31. The normalized spacial score (nSPS) is 11.5. The van der Waals surface area contributed by atoms with E-state index in [9.17, 15) is 52.7 Å². The van der Waals surface area contributed by atoms with E-state index in [1.807, 2.05) is 53.2 Å². The summed E-state index contributed by atoms with van der Waals surface area (Å²) in [4.78, 5) is 4.15. The first kappa shape index (κ1) is 48.3. The Morgan fingerprint density at radius 1 is 0.409 bits per heavy atom. The molecule has 0 saturated heterocycles. The Kier molecular flexibility index (Phi) is 13.5. The van der Waals surface area contributed by atoms with Crippen LogP contribution >= 0.6 is 0 Å². The zero-order valence-electron chi connectivity index (χ0n) is 32.1. The van der Waals surface area contributed by atoms with Crippen molar-refractivity contribution in [3.63, 3.8) is 0 Å². The zero-order valence-corrected chi connectivity index (χ0v) is 32.1. The number of nitrogens with zero attached hydrogens (tertiary/aromatic N) is 2. The largest absolute Gasteiger partial charge is 0.404 e. The SMILES string of the molecule is Cc1ccc(Oc2cncc[n+]2Cc2ccccc2)cc1.Fc1c(F)c(F)c([B-](c2c(F)c(F)c(F)c(F)c2F)(c2c(F)c(F)c(F)c(F)c2F)c2c(F)c(F)c(F)c(F)c2F)c(F)c1F. The van der Waals surface area contributed by atoms with Gasteiger partial charge in [0.25, 0.3) is 0 Å². The van der Waals surface area contributed by atoms with E-state index in [1.165, 1.54) is 11.1 Å². The molecule has 24 heteroatoms.